The summed E-state index contributed by atoms with van der Waals surface area (Å²) in [5.74, 6) is 0.385. The Morgan fingerprint density at radius 3 is 2.71 bits per heavy atom. The highest BCUT2D eigenvalue weighted by molar-refractivity contribution is 8.93. The van der Waals surface area contributed by atoms with Crippen molar-refractivity contribution in [1.82, 2.24) is 5.43 Å². The Labute approximate surface area is 139 Å². The van der Waals surface area contributed by atoms with Crippen molar-refractivity contribution in [2.24, 2.45) is 10.1 Å². The summed E-state index contributed by atoms with van der Waals surface area (Å²) >= 11 is 1.47. The van der Waals surface area contributed by atoms with Gasteiger partial charge in [0.15, 0.2) is 15.0 Å². The molecule has 0 bridgehead atoms. The van der Waals surface area contributed by atoms with Crippen LogP contribution in [0.2, 0.25) is 0 Å². The number of amidine groups is 1. The minimum atomic E-state index is -2.89. The minimum Gasteiger partial charge on any atom is -0.256 e. The second-order valence-electron chi connectivity index (χ2n) is 4.91. The average Bonchev–Trinajstić information content (AvgIpc) is 2.90. The Bertz CT molecular complexity index is 674. The first-order valence-electron chi connectivity index (χ1n) is 6.34. The Kier molecular flexibility index (Phi) is 5.11. The van der Waals surface area contributed by atoms with Crippen LogP contribution in [-0.2, 0) is 9.84 Å². The third-order valence-corrected chi connectivity index (χ3v) is 6.46. The lowest BCUT2D eigenvalue weighted by Crippen LogP contribution is -2.17. The number of halogens is 1. The zero-order chi connectivity index (χ0) is 14.2. The van der Waals surface area contributed by atoms with E-state index in [2.05, 4.69) is 15.5 Å². The number of hydrogen-bond acceptors (Lipinski definition) is 6. The van der Waals surface area contributed by atoms with Gasteiger partial charge >= 0.3 is 0 Å². The lowest BCUT2D eigenvalue weighted by Gasteiger charge is -2.04. The number of nitrogens with one attached hydrogen (secondary N) is 1. The van der Waals surface area contributed by atoms with Gasteiger partial charge in [0.25, 0.3) is 0 Å². The molecule has 1 N–H and O–H groups in total. The maximum atomic E-state index is 11.5. The van der Waals surface area contributed by atoms with Crippen LogP contribution >= 0.6 is 28.7 Å². The molecule has 21 heavy (non-hydrogen) atoms. The maximum absolute atomic E-state index is 11.5. The molecule has 1 aromatic rings. The Hall–Kier alpha value is -0.860. The third kappa shape index (κ3) is 3.87. The molecule has 3 rings (SSSR count). The quantitative estimate of drug-likeness (QED) is 0.618. The number of sulfone groups is 1. The van der Waals surface area contributed by atoms with Gasteiger partial charge in [-0.3, -0.25) is 10.4 Å². The van der Waals surface area contributed by atoms with Crippen LogP contribution in [0.15, 0.2) is 40.4 Å². The predicted octanol–water partition coefficient (Wildman–Crippen LogP) is 1.85. The third-order valence-electron chi connectivity index (χ3n) is 3.33. The van der Waals surface area contributed by atoms with E-state index in [0.717, 1.165) is 11.3 Å². The molecule has 114 valence electrons. The van der Waals surface area contributed by atoms with Gasteiger partial charge in [-0.2, -0.15) is 5.10 Å². The highest BCUT2D eigenvalue weighted by Crippen LogP contribution is 2.33. The Morgan fingerprint density at radius 2 is 2.05 bits per heavy atom. The van der Waals surface area contributed by atoms with Crippen LogP contribution in [0.1, 0.15) is 12.5 Å². The van der Waals surface area contributed by atoms with E-state index >= 15 is 0 Å². The number of benzene rings is 1. The molecule has 5 nitrogen and oxygen atoms in total. The normalized spacial score (nSPS) is 26.7. The van der Waals surface area contributed by atoms with E-state index in [1.807, 2.05) is 37.3 Å². The van der Waals surface area contributed by atoms with Crippen molar-refractivity contribution in [3.05, 3.63) is 35.9 Å². The summed E-state index contributed by atoms with van der Waals surface area (Å²) in [5, 5.41) is 5.07. The molecule has 1 aromatic carbocycles. The predicted molar refractivity (Wildman–Crippen MR) is 93.4 cm³/mol. The zero-order valence-corrected chi connectivity index (χ0v) is 14.7. The van der Waals surface area contributed by atoms with Gasteiger partial charge in [0.05, 0.1) is 23.3 Å². The number of aliphatic imine (C=N–C) groups is 1. The fourth-order valence-electron chi connectivity index (χ4n) is 2.29. The fourth-order valence-corrected chi connectivity index (χ4v) is 5.88. The van der Waals surface area contributed by atoms with Crippen molar-refractivity contribution in [3.63, 3.8) is 0 Å². The fraction of sp³-hybridized carbons (Fsp3) is 0.385. The zero-order valence-electron chi connectivity index (χ0n) is 11.4. The number of rotatable bonds is 2. The molecule has 2 aliphatic heterocycles. The number of thioether (sulfide) groups is 1. The lowest BCUT2D eigenvalue weighted by atomic mass is 10.1. The second-order valence-corrected chi connectivity index (χ2v) is 8.29. The van der Waals surface area contributed by atoms with Gasteiger partial charge in [-0.15, -0.1) is 17.0 Å². The van der Waals surface area contributed by atoms with Crippen LogP contribution in [0.5, 0.6) is 0 Å². The van der Waals surface area contributed by atoms with Gasteiger partial charge in [0.1, 0.15) is 0 Å². The van der Waals surface area contributed by atoms with Crippen molar-refractivity contribution < 1.29 is 8.42 Å². The maximum Gasteiger partial charge on any atom is 0.177 e. The van der Waals surface area contributed by atoms with Gasteiger partial charge in [-0.05, 0) is 12.5 Å². The number of nitrogens with zero attached hydrogens (tertiary/aromatic N) is 2. The van der Waals surface area contributed by atoms with Crippen LogP contribution < -0.4 is 5.43 Å². The van der Waals surface area contributed by atoms with Gasteiger partial charge in [-0.1, -0.05) is 42.1 Å². The molecule has 0 spiro atoms. The monoisotopic (exact) mass is 389 g/mol. The summed E-state index contributed by atoms with van der Waals surface area (Å²) in [6.07, 6.45) is 0. The smallest absolute Gasteiger partial charge is 0.177 e. The first kappa shape index (κ1) is 16.5. The van der Waals surface area contributed by atoms with E-state index in [1.165, 1.54) is 11.8 Å². The lowest BCUT2D eigenvalue weighted by molar-refractivity contribution is 0.601. The Morgan fingerprint density at radius 1 is 1.33 bits per heavy atom. The first-order valence-corrected chi connectivity index (χ1v) is 9.04. The highest BCUT2D eigenvalue weighted by Gasteiger charge is 2.42. The molecule has 0 unspecified atom stereocenters. The second kappa shape index (κ2) is 6.50. The molecule has 0 amide bonds. The Balaban J connectivity index is 0.00000161. The molecule has 2 heterocycles. The highest BCUT2D eigenvalue weighted by atomic mass is 79.9. The number of hydrazone groups is 1. The molecular weight excluding hydrogens is 374 g/mol. The van der Waals surface area contributed by atoms with Crippen molar-refractivity contribution in [3.8, 4) is 0 Å². The largest absolute Gasteiger partial charge is 0.256 e. The van der Waals surface area contributed by atoms with Gasteiger partial charge < -0.3 is 0 Å². The van der Waals surface area contributed by atoms with E-state index < -0.39 is 9.84 Å². The molecule has 1 fully saturated rings. The van der Waals surface area contributed by atoms with Crippen LogP contribution in [0.4, 0.5) is 0 Å². The molecular formula is C13H16BrN3O2S2. The summed E-state index contributed by atoms with van der Waals surface area (Å²) < 4.78 is 22.9. The van der Waals surface area contributed by atoms with Crippen LogP contribution in [0.3, 0.4) is 0 Å². The minimum absolute atomic E-state index is 0. The standard InChI is InChI=1S/C13H15N3O2S2.BrH/c1-9(10-5-3-2-4-6-10)15-16-13-14-11-7-20(17,18)8-12(11)19-13;/h2-6,11-12H,7-8H2,1H3,(H,14,16);1H/b15-9+;/t11-,12+;/m0./s1. The van der Waals surface area contributed by atoms with Crippen LogP contribution in [-0.4, -0.2) is 42.1 Å². The molecule has 1 saturated heterocycles. The molecule has 8 heteroatoms. The average molecular weight is 390 g/mol. The molecule has 2 aliphatic rings. The first-order chi connectivity index (χ1) is 9.53. The van der Waals surface area contributed by atoms with E-state index in [0.29, 0.717) is 5.17 Å². The SMILES string of the molecule is Br.C/C(=N\NC1=N[C@H]2CS(=O)(=O)C[C@H]2S1)c1ccccc1. The molecule has 0 radical (unpaired) electrons. The van der Waals surface area contributed by atoms with Crippen molar-refractivity contribution in [1.29, 1.82) is 0 Å². The van der Waals surface area contributed by atoms with Crippen LogP contribution in [0, 0.1) is 0 Å². The van der Waals surface area contributed by atoms with E-state index in [9.17, 15) is 8.42 Å². The summed E-state index contributed by atoms with van der Waals surface area (Å²) in [7, 11) is -2.89. The van der Waals surface area contributed by atoms with Gasteiger partial charge in [0, 0.05) is 5.25 Å². The molecule has 2 atom stereocenters. The van der Waals surface area contributed by atoms with E-state index in [1.54, 1.807) is 0 Å². The summed E-state index contributed by atoms with van der Waals surface area (Å²) in [6.45, 7) is 1.92. The molecule has 0 aliphatic carbocycles. The molecule has 0 aromatic heterocycles. The topological polar surface area (TPSA) is 70.9 Å². The van der Waals surface area contributed by atoms with E-state index in [4.69, 9.17) is 0 Å². The summed E-state index contributed by atoms with van der Waals surface area (Å²) in [4.78, 5) is 4.39. The van der Waals surface area contributed by atoms with Crippen LogP contribution in [0.25, 0.3) is 0 Å². The van der Waals surface area contributed by atoms with Gasteiger partial charge in [0.2, 0.25) is 0 Å². The van der Waals surface area contributed by atoms with Crippen molar-refractivity contribution in [2.75, 3.05) is 11.5 Å². The molecule has 0 saturated carbocycles. The van der Waals surface area contributed by atoms with Crippen molar-refractivity contribution in [2.45, 2.75) is 18.2 Å². The summed E-state index contributed by atoms with van der Waals surface area (Å²) in [5.41, 5.74) is 4.86. The van der Waals surface area contributed by atoms with Crippen molar-refractivity contribution >= 4 is 49.5 Å². The number of hydrogen-bond donors (Lipinski definition) is 1. The number of fused-ring (bicyclic) bond motifs is 1. The van der Waals surface area contributed by atoms with Gasteiger partial charge in [-0.25, -0.2) is 8.42 Å². The van der Waals surface area contributed by atoms with E-state index in [-0.39, 0.29) is 39.8 Å². The summed E-state index contributed by atoms with van der Waals surface area (Å²) in [6, 6.07) is 9.76.